The van der Waals surface area contributed by atoms with Gasteiger partial charge in [0.25, 0.3) is 0 Å². The molecule has 0 aromatic heterocycles. The number of esters is 3. The number of carbonyl (C=O) groups excluding carboxylic acids is 6. The maximum absolute atomic E-state index is 13.0. The molecule has 0 unspecified atom stereocenters. The predicted octanol–water partition coefficient (Wildman–Crippen LogP) is 3.32. The van der Waals surface area contributed by atoms with Crippen molar-refractivity contribution in [1.82, 2.24) is 0 Å². The van der Waals surface area contributed by atoms with Crippen LogP contribution in [-0.4, -0.2) is 51.0 Å². The van der Waals surface area contributed by atoms with Gasteiger partial charge < -0.3 is 25.6 Å². The van der Waals surface area contributed by atoms with Crippen LogP contribution in [0.3, 0.4) is 0 Å². The first-order valence-electron chi connectivity index (χ1n) is 11.5. The Bertz CT molecular complexity index is 1290. The summed E-state index contributed by atoms with van der Waals surface area (Å²) in [5.41, 5.74) is -0.659. The highest BCUT2D eigenvalue weighted by Crippen LogP contribution is 2.24. The zero-order valence-corrected chi connectivity index (χ0v) is 22.6. The fraction of sp³-hybridized carbons (Fsp3) is 0.111. The van der Waals surface area contributed by atoms with E-state index in [2.05, 4.69) is 0 Å². The van der Waals surface area contributed by atoms with Crippen molar-refractivity contribution < 1.29 is 54.3 Å². The Morgan fingerprint density at radius 1 is 0.450 bits per heavy atom. The lowest BCUT2D eigenvalue weighted by Gasteiger charge is -2.16. The highest BCUT2D eigenvalue weighted by atomic mass is 27.3. The summed E-state index contributed by atoms with van der Waals surface area (Å²) < 4.78 is 30.9. The molecule has 204 valence electrons. The van der Waals surface area contributed by atoms with Gasteiger partial charge in [0.1, 0.15) is 17.2 Å². The summed E-state index contributed by atoms with van der Waals surface area (Å²) >= 11 is -4.06. The van der Waals surface area contributed by atoms with Crippen LogP contribution in [0.25, 0.3) is 0 Å². The smallest absolute Gasteiger partial charge is 0.547 e. The summed E-state index contributed by atoms with van der Waals surface area (Å²) in [5.74, 6) is -5.97. The molecule has 0 aliphatic rings. The molecule has 0 amide bonds. The number of ether oxygens (including phenoxy) is 3. The lowest BCUT2D eigenvalue weighted by molar-refractivity contribution is -0.132. The molecule has 0 fully saturated rings. The van der Waals surface area contributed by atoms with Crippen molar-refractivity contribution in [2.45, 2.75) is 20.8 Å². The van der Waals surface area contributed by atoms with E-state index in [0.29, 0.717) is 0 Å². The molecule has 0 atom stereocenters. The van der Waals surface area contributed by atoms with E-state index in [1.807, 2.05) is 0 Å². The summed E-state index contributed by atoms with van der Waals surface area (Å²) in [6.07, 6.45) is 0. The van der Waals surface area contributed by atoms with Gasteiger partial charge >= 0.3 is 51.0 Å². The third kappa shape index (κ3) is 8.26. The van der Waals surface area contributed by atoms with Crippen LogP contribution >= 0.6 is 0 Å². The monoisotopic (exact) mass is 564 g/mol. The summed E-state index contributed by atoms with van der Waals surface area (Å²) in [7, 11) is 0. The standard InChI is InChI=1S/3C9H8O4.Al/c3*1-6(10)13-8-5-3-2-4-7(8)9(11)12;/h3*2-5H,1H3,(H,11,12);/q;;;+3/p-3. The summed E-state index contributed by atoms with van der Waals surface area (Å²) in [4.78, 5) is 73.4. The Balaban J connectivity index is 1.93. The molecule has 3 rings (SSSR count). The summed E-state index contributed by atoms with van der Waals surface area (Å²) in [5, 5.41) is 0. The van der Waals surface area contributed by atoms with Crippen LogP contribution < -0.4 is 14.2 Å². The van der Waals surface area contributed by atoms with Gasteiger partial charge in [0.15, 0.2) is 0 Å². The van der Waals surface area contributed by atoms with Crippen LogP contribution in [0, 0.1) is 0 Å². The molecule has 0 saturated carbocycles. The van der Waals surface area contributed by atoms with Gasteiger partial charge in [0.2, 0.25) is 0 Å². The lowest BCUT2D eigenvalue weighted by Crippen LogP contribution is -2.35. The largest absolute Gasteiger partial charge is 1.20 e. The number of carbonyl (C=O) groups is 6. The maximum atomic E-state index is 13.0. The molecule has 3 aromatic carbocycles. The lowest BCUT2D eigenvalue weighted by atomic mass is 10.2. The van der Waals surface area contributed by atoms with E-state index in [1.54, 1.807) is 0 Å². The number of para-hydroxylation sites is 3. The van der Waals surface area contributed by atoms with Crippen molar-refractivity contribution in [3.05, 3.63) is 89.5 Å². The maximum Gasteiger partial charge on any atom is 1.20 e. The van der Waals surface area contributed by atoms with Crippen LogP contribution in [0.1, 0.15) is 51.8 Å². The molecule has 13 heteroatoms. The molecule has 3 aromatic rings. The Hall–Kier alpha value is -4.99. The van der Waals surface area contributed by atoms with Crippen molar-refractivity contribution in [1.29, 1.82) is 0 Å². The zero-order chi connectivity index (χ0) is 29.2. The van der Waals surface area contributed by atoms with Crippen LogP contribution in [0.2, 0.25) is 0 Å². The molecule has 0 aliphatic carbocycles. The molecule has 0 N–H and O–H groups in total. The van der Waals surface area contributed by atoms with Crippen LogP contribution in [0.5, 0.6) is 17.2 Å². The SMILES string of the molecule is CC(=O)Oc1ccccc1C(=O)[O][Al]([O]C(=O)c1ccccc1OC(C)=O)[O]C(=O)c1ccccc1OC(C)=O. The van der Waals surface area contributed by atoms with E-state index in [9.17, 15) is 28.8 Å². The second-order valence-electron chi connectivity index (χ2n) is 7.77. The topological polar surface area (TPSA) is 158 Å². The minimum Gasteiger partial charge on any atom is -0.547 e. The van der Waals surface area contributed by atoms with Crippen molar-refractivity contribution in [2.75, 3.05) is 0 Å². The second kappa shape index (κ2) is 13.7. The van der Waals surface area contributed by atoms with Crippen molar-refractivity contribution in [3.8, 4) is 17.2 Å². The molecule has 0 bridgehead atoms. The van der Waals surface area contributed by atoms with Crippen LogP contribution in [0.15, 0.2) is 72.8 Å². The van der Waals surface area contributed by atoms with Crippen LogP contribution in [0.4, 0.5) is 0 Å². The fourth-order valence-corrected chi connectivity index (χ4v) is 4.21. The van der Waals surface area contributed by atoms with E-state index >= 15 is 0 Å². The zero-order valence-electron chi connectivity index (χ0n) is 21.4. The quantitative estimate of drug-likeness (QED) is 0.212. The first-order valence-corrected chi connectivity index (χ1v) is 12.9. The van der Waals surface area contributed by atoms with Crippen molar-refractivity contribution >= 4 is 51.0 Å². The molecule has 40 heavy (non-hydrogen) atoms. The first kappa shape index (κ1) is 29.6. The minimum atomic E-state index is -4.06. The fourth-order valence-electron chi connectivity index (χ4n) is 3.16. The van der Waals surface area contributed by atoms with E-state index in [0.717, 1.165) is 20.8 Å². The summed E-state index contributed by atoms with van der Waals surface area (Å²) in [6.45, 7) is 3.39. The van der Waals surface area contributed by atoms with E-state index in [4.69, 9.17) is 25.6 Å². The van der Waals surface area contributed by atoms with Crippen LogP contribution in [-0.2, 0) is 25.7 Å². The van der Waals surface area contributed by atoms with Gasteiger partial charge in [-0.1, -0.05) is 36.4 Å². The van der Waals surface area contributed by atoms with Crippen molar-refractivity contribution in [3.63, 3.8) is 0 Å². The second-order valence-corrected chi connectivity index (χ2v) is 9.06. The van der Waals surface area contributed by atoms with Gasteiger partial charge in [-0.2, -0.15) is 0 Å². The first-order chi connectivity index (χ1) is 19.0. The van der Waals surface area contributed by atoms with Gasteiger partial charge in [-0.05, 0) is 36.4 Å². The van der Waals surface area contributed by atoms with E-state index in [-0.39, 0.29) is 33.9 Å². The third-order valence-corrected chi connectivity index (χ3v) is 5.91. The van der Waals surface area contributed by atoms with Gasteiger partial charge in [0.05, 0.1) is 16.7 Å². The van der Waals surface area contributed by atoms with Gasteiger partial charge in [-0.15, -0.1) is 0 Å². The summed E-state index contributed by atoms with van der Waals surface area (Å²) in [6, 6.07) is 16.7. The number of benzene rings is 3. The molecule has 0 radical (unpaired) electrons. The van der Waals surface area contributed by atoms with E-state index in [1.165, 1.54) is 72.8 Å². The van der Waals surface area contributed by atoms with E-state index < -0.39 is 51.0 Å². The minimum absolute atomic E-state index is 0.147. The van der Waals surface area contributed by atoms with Crippen molar-refractivity contribution in [2.24, 2.45) is 0 Å². The van der Waals surface area contributed by atoms with Gasteiger partial charge in [-0.25, -0.2) is 14.4 Å². The molecule has 0 saturated heterocycles. The molecule has 0 spiro atoms. The molecule has 0 heterocycles. The normalized spacial score (nSPS) is 9.97. The average Bonchev–Trinajstić information content (AvgIpc) is 2.88. The number of hydrogen-bond donors (Lipinski definition) is 0. The Morgan fingerprint density at radius 2 is 0.700 bits per heavy atom. The number of hydrogen-bond acceptors (Lipinski definition) is 12. The van der Waals surface area contributed by atoms with Gasteiger partial charge in [-0.3, -0.25) is 14.4 Å². The average molecular weight is 564 g/mol. The Morgan fingerprint density at radius 3 is 0.950 bits per heavy atom. The highest BCUT2D eigenvalue weighted by Gasteiger charge is 2.50. The molecule has 12 nitrogen and oxygen atoms in total. The predicted molar refractivity (Wildman–Crippen MR) is 135 cm³/mol. The Kier molecular flexibility index (Phi) is 10.1. The molecule has 0 aliphatic heterocycles. The molecular formula is C27H21AlO12. The highest BCUT2D eigenvalue weighted by molar-refractivity contribution is 6.46. The third-order valence-electron chi connectivity index (χ3n) is 4.69. The number of rotatable bonds is 9. The Labute approximate surface area is 232 Å². The van der Waals surface area contributed by atoms with Gasteiger partial charge in [0, 0.05) is 20.8 Å². The molecular weight excluding hydrogens is 543 g/mol.